The fraction of sp³-hybridized carbons (Fsp3) is 0.385. The molecule has 0 bridgehead atoms. The first kappa shape index (κ1) is 13.4. The number of carbonyl (C=O) groups is 2. The minimum Gasteiger partial charge on any atom is -0.465 e. The summed E-state index contributed by atoms with van der Waals surface area (Å²) in [6.07, 6.45) is 0. The van der Waals surface area contributed by atoms with Crippen LogP contribution in [0.25, 0.3) is 0 Å². The lowest BCUT2D eigenvalue weighted by Gasteiger charge is -2.34. The first-order chi connectivity index (χ1) is 8.83. The van der Waals surface area contributed by atoms with Crippen LogP contribution in [0.3, 0.4) is 0 Å². The number of nitrogens with one attached hydrogen (secondary N) is 2. The molecule has 6 nitrogen and oxygen atoms in total. The number of fused-ring (bicyclic) bond motifs is 1. The monoisotopic (exact) mass is 263 g/mol. The van der Waals surface area contributed by atoms with Crippen molar-refractivity contribution in [1.82, 2.24) is 10.4 Å². The minimum atomic E-state index is -1.58. The van der Waals surface area contributed by atoms with Crippen LogP contribution in [0.2, 0.25) is 0 Å². The van der Waals surface area contributed by atoms with Crippen molar-refractivity contribution in [3.8, 4) is 5.75 Å². The molecule has 1 aromatic carbocycles. The zero-order chi connectivity index (χ0) is 14.2. The molecule has 1 aliphatic heterocycles. The molecule has 2 N–H and O–H groups in total. The molecule has 6 heteroatoms. The molecule has 2 rings (SSSR count). The number of nitrogens with zero attached hydrogens (tertiary/aromatic N) is 1. The van der Waals surface area contributed by atoms with Gasteiger partial charge >= 0.3 is 0 Å². The Kier molecular flexibility index (Phi) is 3.20. The van der Waals surface area contributed by atoms with Gasteiger partial charge in [0.1, 0.15) is 5.75 Å². The molecule has 0 saturated heterocycles. The zero-order valence-electron chi connectivity index (χ0n) is 11.4. The van der Waals surface area contributed by atoms with Crippen LogP contribution in [-0.2, 0) is 9.59 Å². The van der Waals surface area contributed by atoms with Crippen LogP contribution in [0.1, 0.15) is 12.5 Å². The predicted octanol–water partition coefficient (Wildman–Crippen LogP) is 0.677. The van der Waals surface area contributed by atoms with Gasteiger partial charge in [0.2, 0.25) is 0 Å². The SMILES string of the molecule is Cc1ccc2c(c1)NC(=O)C(C)(C(=O)NN(C)C)O2. The van der Waals surface area contributed by atoms with Crippen molar-refractivity contribution in [2.24, 2.45) is 0 Å². The molecule has 0 aromatic heterocycles. The normalized spacial score (nSPS) is 21.4. The van der Waals surface area contributed by atoms with Crippen molar-refractivity contribution >= 4 is 17.5 Å². The van der Waals surface area contributed by atoms with E-state index in [0.717, 1.165) is 5.56 Å². The Hall–Kier alpha value is -2.08. The van der Waals surface area contributed by atoms with E-state index in [1.807, 2.05) is 13.0 Å². The fourth-order valence-electron chi connectivity index (χ4n) is 1.80. The Morgan fingerprint density at radius 2 is 2.11 bits per heavy atom. The Morgan fingerprint density at radius 1 is 1.42 bits per heavy atom. The van der Waals surface area contributed by atoms with Gasteiger partial charge in [0, 0.05) is 14.1 Å². The lowest BCUT2D eigenvalue weighted by Crippen LogP contribution is -2.60. The van der Waals surface area contributed by atoms with Gasteiger partial charge in [-0.05, 0) is 31.5 Å². The minimum absolute atomic E-state index is 0.482. The molecule has 102 valence electrons. The van der Waals surface area contributed by atoms with Crippen LogP contribution >= 0.6 is 0 Å². The highest BCUT2D eigenvalue weighted by Gasteiger charge is 2.47. The summed E-state index contributed by atoms with van der Waals surface area (Å²) < 4.78 is 5.60. The number of hydrogen-bond donors (Lipinski definition) is 2. The molecule has 1 aliphatic rings. The van der Waals surface area contributed by atoms with Crippen LogP contribution in [0.4, 0.5) is 5.69 Å². The molecule has 0 saturated carbocycles. The molecule has 0 aliphatic carbocycles. The summed E-state index contributed by atoms with van der Waals surface area (Å²) in [5.74, 6) is -0.507. The molecule has 0 fully saturated rings. The molecule has 0 radical (unpaired) electrons. The van der Waals surface area contributed by atoms with Gasteiger partial charge in [0.15, 0.2) is 0 Å². The molecular formula is C13H17N3O3. The quantitative estimate of drug-likeness (QED) is 0.608. The van der Waals surface area contributed by atoms with Gasteiger partial charge in [-0.2, -0.15) is 0 Å². The van der Waals surface area contributed by atoms with Crippen LogP contribution in [0, 0.1) is 6.92 Å². The number of hydrazine groups is 1. The molecule has 1 atom stereocenters. The van der Waals surface area contributed by atoms with Crippen molar-refractivity contribution in [3.05, 3.63) is 23.8 Å². The second kappa shape index (κ2) is 4.55. The lowest BCUT2D eigenvalue weighted by atomic mass is 10.0. The van der Waals surface area contributed by atoms with Gasteiger partial charge in [-0.15, -0.1) is 0 Å². The molecular weight excluding hydrogens is 246 g/mol. The average Bonchev–Trinajstić information content (AvgIpc) is 2.30. The van der Waals surface area contributed by atoms with Crippen molar-refractivity contribution < 1.29 is 14.3 Å². The maximum Gasteiger partial charge on any atom is 0.288 e. The molecule has 0 spiro atoms. The number of amides is 2. The van der Waals surface area contributed by atoms with Crippen molar-refractivity contribution in [2.75, 3.05) is 19.4 Å². The Morgan fingerprint density at radius 3 is 2.74 bits per heavy atom. The van der Waals surface area contributed by atoms with Gasteiger partial charge in [-0.3, -0.25) is 15.0 Å². The number of benzene rings is 1. The first-order valence-corrected chi connectivity index (χ1v) is 5.92. The second-order valence-corrected chi connectivity index (χ2v) is 4.92. The maximum atomic E-state index is 12.1. The zero-order valence-corrected chi connectivity index (χ0v) is 11.4. The molecule has 1 heterocycles. The van der Waals surface area contributed by atoms with E-state index < -0.39 is 17.4 Å². The first-order valence-electron chi connectivity index (χ1n) is 5.92. The summed E-state index contributed by atoms with van der Waals surface area (Å²) in [5.41, 5.74) is 2.54. The van der Waals surface area contributed by atoms with Crippen LogP contribution in [0.15, 0.2) is 18.2 Å². The van der Waals surface area contributed by atoms with Gasteiger partial charge in [-0.25, -0.2) is 5.01 Å². The van der Waals surface area contributed by atoms with E-state index in [1.165, 1.54) is 11.9 Å². The summed E-state index contributed by atoms with van der Waals surface area (Å²) in [6.45, 7) is 3.36. The van der Waals surface area contributed by atoms with Gasteiger partial charge in [0.25, 0.3) is 17.4 Å². The van der Waals surface area contributed by atoms with Crippen LogP contribution in [-0.4, -0.2) is 36.5 Å². The van der Waals surface area contributed by atoms with Crippen molar-refractivity contribution in [3.63, 3.8) is 0 Å². The number of anilines is 1. The number of rotatable bonds is 2. The molecule has 19 heavy (non-hydrogen) atoms. The van der Waals surface area contributed by atoms with Gasteiger partial charge in [-0.1, -0.05) is 6.07 Å². The van der Waals surface area contributed by atoms with E-state index in [-0.39, 0.29) is 0 Å². The lowest BCUT2D eigenvalue weighted by molar-refractivity contribution is -0.149. The van der Waals surface area contributed by atoms with E-state index in [1.54, 1.807) is 26.2 Å². The van der Waals surface area contributed by atoms with E-state index in [2.05, 4.69) is 10.7 Å². The van der Waals surface area contributed by atoms with Crippen molar-refractivity contribution in [2.45, 2.75) is 19.4 Å². The van der Waals surface area contributed by atoms with E-state index in [4.69, 9.17) is 4.74 Å². The number of ether oxygens (including phenoxy) is 1. The number of hydrogen-bond acceptors (Lipinski definition) is 4. The largest absolute Gasteiger partial charge is 0.465 e. The number of aryl methyl sites for hydroxylation is 1. The van der Waals surface area contributed by atoms with E-state index in [9.17, 15) is 9.59 Å². The standard InChI is InChI=1S/C13H17N3O3/c1-8-5-6-10-9(7-8)14-11(17)13(2,19-10)12(18)15-16(3)4/h5-7H,1-4H3,(H,14,17)(H,15,18). The highest BCUT2D eigenvalue weighted by molar-refractivity contribution is 6.15. The second-order valence-electron chi connectivity index (χ2n) is 4.92. The Bertz CT molecular complexity index is 542. The smallest absolute Gasteiger partial charge is 0.288 e. The Balaban J connectivity index is 2.32. The fourth-order valence-corrected chi connectivity index (χ4v) is 1.80. The predicted molar refractivity (Wildman–Crippen MR) is 70.7 cm³/mol. The highest BCUT2D eigenvalue weighted by atomic mass is 16.5. The summed E-state index contributed by atoms with van der Waals surface area (Å²) in [7, 11) is 3.33. The Labute approximate surface area is 111 Å². The summed E-state index contributed by atoms with van der Waals surface area (Å²) in [5, 5.41) is 4.17. The van der Waals surface area contributed by atoms with Crippen LogP contribution in [0.5, 0.6) is 5.75 Å². The summed E-state index contributed by atoms with van der Waals surface area (Å²) >= 11 is 0. The van der Waals surface area contributed by atoms with Gasteiger partial charge in [0.05, 0.1) is 5.69 Å². The summed E-state index contributed by atoms with van der Waals surface area (Å²) in [4.78, 5) is 24.2. The molecule has 2 amide bonds. The van der Waals surface area contributed by atoms with E-state index >= 15 is 0 Å². The highest BCUT2D eigenvalue weighted by Crippen LogP contribution is 2.34. The molecule has 1 aromatic rings. The summed E-state index contributed by atoms with van der Waals surface area (Å²) in [6, 6.07) is 5.41. The third-order valence-corrected chi connectivity index (χ3v) is 2.89. The van der Waals surface area contributed by atoms with Crippen molar-refractivity contribution in [1.29, 1.82) is 0 Å². The van der Waals surface area contributed by atoms with Crippen LogP contribution < -0.4 is 15.5 Å². The van der Waals surface area contributed by atoms with Gasteiger partial charge < -0.3 is 10.1 Å². The third-order valence-electron chi connectivity index (χ3n) is 2.89. The third kappa shape index (κ3) is 2.39. The molecule has 1 unspecified atom stereocenters. The number of carbonyl (C=O) groups excluding carboxylic acids is 2. The van der Waals surface area contributed by atoms with E-state index in [0.29, 0.717) is 11.4 Å². The average molecular weight is 263 g/mol. The maximum absolute atomic E-state index is 12.1. The topological polar surface area (TPSA) is 70.7 Å².